The fraction of sp³-hybridized carbons (Fsp3) is 0.381. The van der Waals surface area contributed by atoms with Crippen LogP contribution >= 0.6 is 0 Å². The third-order valence-electron chi connectivity index (χ3n) is 4.99. The van der Waals surface area contributed by atoms with Gasteiger partial charge in [-0.25, -0.2) is 13.8 Å². The minimum atomic E-state index is -0.846. The van der Waals surface area contributed by atoms with Crippen molar-refractivity contribution < 1.29 is 22.8 Å². The molecule has 4 rings (SSSR count). The summed E-state index contributed by atoms with van der Waals surface area (Å²) in [4.78, 5) is 10.9. The van der Waals surface area contributed by atoms with Gasteiger partial charge in [0.15, 0.2) is 11.6 Å². The number of ether oxygens (including phenoxy) is 2. The lowest BCUT2D eigenvalue weighted by atomic mass is 10.1. The van der Waals surface area contributed by atoms with Crippen molar-refractivity contribution >= 4 is 0 Å². The Kier molecular flexibility index (Phi) is 6.29. The third kappa shape index (κ3) is 4.63. The second kappa shape index (κ2) is 9.27. The topological polar surface area (TPSA) is 73.5 Å². The minimum Gasteiger partial charge on any atom is -0.475 e. The van der Waals surface area contributed by atoms with Crippen LogP contribution in [0.3, 0.4) is 0 Å². The molecule has 1 saturated heterocycles. The second-order valence-electron chi connectivity index (χ2n) is 7.06. The number of hydrogen-bond donors (Lipinski definition) is 0. The van der Waals surface area contributed by atoms with Crippen molar-refractivity contribution in [2.24, 2.45) is 0 Å². The van der Waals surface area contributed by atoms with Gasteiger partial charge in [0.1, 0.15) is 6.61 Å². The molecule has 3 aromatic rings. The van der Waals surface area contributed by atoms with Gasteiger partial charge in [0.25, 0.3) is 0 Å². The number of benzene rings is 1. The van der Waals surface area contributed by atoms with E-state index in [4.69, 9.17) is 14.0 Å². The number of hydrogen-bond acceptors (Lipinski definition) is 7. The van der Waals surface area contributed by atoms with Gasteiger partial charge in [0.2, 0.25) is 17.6 Å². The van der Waals surface area contributed by atoms with Crippen LogP contribution in [-0.4, -0.2) is 46.9 Å². The number of pyridine rings is 1. The average Bonchev–Trinajstić information content (AvgIpc) is 3.41. The first kappa shape index (κ1) is 20.4. The molecule has 0 unspecified atom stereocenters. The predicted molar refractivity (Wildman–Crippen MR) is 104 cm³/mol. The van der Waals surface area contributed by atoms with Gasteiger partial charge in [-0.05, 0) is 43.1 Å². The van der Waals surface area contributed by atoms with E-state index in [1.807, 2.05) is 0 Å². The molecular weight excluding hydrogens is 394 g/mol. The summed E-state index contributed by atoms with van der Waals surface area (Å²) in [6.45, 7) is 2.15. The van der Waals surface area contributed by atoms with Crippen LogP contribution in [-0.2, 0) is 11.3 Å². The smallest absolute Gasteiger partial charge is 0.244 e. The molecule has 0 amide bonds. The summed E-state index contributed by atoms with van der Waals surface area (Å²) in [5.41, 5.74) is 1.44. The Balaban J connectivity index is 1.47. The van der Waals surface area contributed by atoms with Crippen LogP contribution in [0, 0.1) is 11.6 Å². The van der Waals surface area contributed by atoms with Gasteiger partial charge < -0.3 is 14.0 Å². The van der Waals surface area contributed by atoms with Crippen molar-refractivity contribution in [3.63, 3.8) is 0 Å². The molecule has 0 radical (unpaired) electrons. The van der Waals surface area contributed by atoms with Crippen molar-refractivity contribution in [3.05, 3.63) is 59.6 Å². The van der Waals surface area contributed by atoms with E-state index in [1.165, 1.54) is 6.07 Å². The number of halogens is 2. The van der Waals surface area contributed by atoms with Gasteiger partial charge in [-0.2, -0.15) is 4.98 Å². The lowest BCUT2D eigenvalue weighted by Crippen LogP contribution is -2.23. The summed E-state index contributed by atoms with van der Waals surface area (Å²) >= 11 is 0. The Morgan fingerprint density at radius 1 is 1.17 bits per heavy atom. The van der Waals surface area contributed by atoms with E-state index >= 15 is 0 Å². The zero-order valence-electron chi connectivity index (χ0n) is 16.6. The van der Waals surface area contributed by atoms with Crippen LogP contribution in [0.25, 0.3) is 11.4 Å². The van der Waals surface area contributed by atoms with E-state index in [9.17, 15) is 8.78 Å². The van der Waals surface area contributed by atoms with Gasteiger partial charge >= 0.3 is 0 Å². The first-order valence-electron chi connectivity index (χ1n) is 9.74. The Morgan fingerprint density at radius 2 is 2.07 bits per heavy atom. The number of nitrogens with zero attached hydrogens (tertiary/aromatic N) is 4. The van der Waals surface area contributed by atoms with Crippen molar-refractivity contribution in [1.82, 2.24) is 20.0 Å². The molecule has 0 saturated carbocycles. The van der Waals surface area contributed by atoms with Gasteiger partial charge in [-0.3, -0.25) is 4.90 Å². The van der Waals surface area contributed by atoms with Crippen LogP contribution in [0.4, 0.5) is 8.78 Å². The van der Waals surface area contributed by atoms with Crippen LogP contribution in [0.1, 0.15) is 30.3 Å². The van der Waals surface area contributed by atoms with Crippen molar-refractivity contribution in [2.45, 2.75) is 25.4 Å². The lowest BCUT2D eigenvalue weighted by molar-refractivity contribution is 0.144. The molecule has 30 heavy (non-hydrogen) atoms. The normalized spacial score (nSPS) is 16.8. The highest BCUT2D eigenvalue weighted by Crippen LogP contribution is 2.33. The van der Waals surface area contributed by atoms with Crippen LogP contribution in [0.15, 0.2) is 41.1 Å². The number of methoxy groups -OCH3 is 1. The van der Waals surface area contributed by atoms with E-state index in [1.54, 1.807) is 31.5 Å². The van der Waals surface area contributed by atoms with E-state index in [2.05, 4.69) is 20.0 Å². The molecule has 3 heterocycles. The van der Waals surface area contributed by atoms with Gasteiger partial charge in [-0.15, -0.1) is 0 Å². The van der Waals surface area contributed by atoms with Crippen molar-refractivity contribution in [3.8, 4) is 17.3 Å². The number of rotatable bonds is 8. The highest BCUT2D eigenvalue weighted by Gasteiger charge is 2.31. The maximum atomic E-state index is 13.5. The fourth-order valence-electron chi connectivity index (χ4n) is 3.51. The van der Waals surface area contributed by atoms with Gasteiger partial charge in [0, 0.05) is 31.5 Å². The predicted octanol–water partition coefficient (Wildman–Crippen LogP) is 3.77. The van der Waals surface area contributed by atoms with Gasteiger partial charge in [-0.1, -0.05) is 11.2 Å². The molecule has 0 spiro atoms. The highest BCUT2D eigenvalue weighted by molar-refractivity contribution is 5.55. The largest absolute Gasteiger partial charge is 0.475 e. The number of aromatic nitrogens is 3. The Morgan fingerprint density at radius 3 is 2.90 bits per heavy atom. The van der Waals surface area contributed by atoms with E-state index in [0.717, 1.165) is 31.0 Å². The molecule has 1 aliphatic heterocycles. The second-order valence-corrected chi connectivity index (χ2v) is 7.06. The van der Waals surface area contributed by atoms with E-state index < -0.39 is 11.6 Å². The zero-order valence-corrected chi connectivity index (χ0v) is 16.6. The quantitative estimate of drug-likeness (QED) is 0.518. The first-order valence-corrected chi connectivity index (χ1v) is 9.74. The molecule has 2 aromatic heterocycles. The Hall–Kier alpha value is -2.91. The molecule has 0 N–H and O–H groups in total. The number of likely N-dealkylation sites (tertiary alicyclic amines) is 1. The molecule has 0 aliphatic carbocycles. The maximum Gasteiger partial charge on any atom is 0.244 e. The SMILES string of the molecule is COCCOc1cc(-c2noc([C@@H]3CCCN3Cc3ccc(F)c(F)c3)n2)ccn1. The molecule has 1 aliphatic rings. The molecule has 9 heteroatoms. The standard InChI is InChI=1S/C21H22F2N4O3/c1-28-9-10-29-19-12-15(6-7-24-19)20-25-21(30-26-20)18-3-2-8-27(18)13-14-4-5-16(22)17(23)11-14/h4-7,11-12,18H,2-3,8-10,13H2,1H3/t18-/m0/s1. The van der Waals surface area contributed by atoms with Crippen LogP contribution in [0.2, 0.25) is 0 Å². The third-order valence-corrected chi connectivity index (χ3v) is 4.99. The minimum absolute atomic E-state index is 0.0707. The summed E-state index contributed by atoms with van der Waals surface area (Å²) in [5.74, 6) is -0.283. The average molecular weight is 416 g/mol. The highest BCUT2D eigenvalue weighted by atomic mass is 19.2. The van der Waals surface area contributed by atoms with Crippen molar-refractivity contribution in [2.75, 3.05) is 26.9 Å². The molecular formula is C21H22F2N4O3. The monoisotopic (exact) mass is 416 g/mol. The van der Waals surface area contributed by atoms with Crippen molar-refractivity contribution in [1.29, 1.82) is 0 Å². The summed E-state index contributed by atoms with van der Waals surface area (Å²) in [5, 5.41) is 4.11. The fourth-order valence-corrected chi connectivity index (χ4v) is 3.51. The first-order chi connectivity index (χ1) is 14.6. The zero-order chi connectivity index (χ0) is 20.9. The summed E-state index contributed by atoms with van der Waals surface area (Å²) in [7, 11) is 1.60. The molecule has 1 fully saturated rings. The maximum absolute atomic E-state index is 13.5. The summed E-state index contributed by atoms with van der Waals surface area (Å²) in [6, 6.07) is 7.43. The molecule has 7 nitrogen and oxygen atoms in total. The van der Waals surface area contributed by atoms with Gasteiger partial charge in [0.05, 0.1) is 12.6 Å². The van der Waals surface area contributed by atoms with E-state index in [0.29, 0.717) is 42.9 Å². The summed E-state index contributed by atoms with van der Waals surface area (Å²) in [6.07, 6.45) is 3.43. The molecule has 158 valence electrons. The molecule has 0 bridgehead atoms. The summed E-state index contributed by atoms with van der Waals surface area (Å²) < 4.78 is 42.8. The molecule has 1 atom stereocenters. The van der Waals surface area contributed by atoms with Crippen LogP contribution in [0.5, 0.6) is 5.88 Å². The van der Waals surface area contributed by atoms with Crippen LogP contribution < -0.4 is 4.74 Å². The Bertz CT molecular complexity index is 998. The van der Waals surface area contributed by atoms with E-state index in [-0.39, 0.29) is 6.04 Å². The Labute approximate surface area is 172 Å². The molecule has 1 aromatic carbocycles. The lowest BCUT2D eigenvalue weighted by Gasteiger charge is -2.21.